The van der Waals surface area contributed by atoms with Crippen molar-refractivity contribution in [3.63, 3.8) is 0 Å². The minimum absolute atomic E-state index is 0.272. The topological polar surface area (TPSA) is 43.1 Å². The van der Waals surface area contributed by atoms with E-state index in [1.807, 2.05) is 17.5 Å². The van der Waals surface area contributed by atoms with Crippen LogP contribution in [-0.2, 0) is 10.8 Å². The first-order valence-corrected chi connectivity index (χ1v) is 6.56. The van der Waals surface area contributed by atoms with Crippen molar-refractivity contribution in [3.05, 3.63) is 17.5 Å². The summed E-state index contributed by atoms with van der Waals surface area (Å²) in [6, 6.07) is 4.17. The van der Waals surface area contributed by atoms with E-state index in [0.717, 1.165) is 23.5 Å². The van der Waals surface area contributed by atoms with Crippen LogP contribution in [0.2, 0.25) is 0 Å². The van der Waals surface area contributed by atoms with Gasteiger partial charge < -0.3 is 5.73 Å². The van der Waals surface area contributed by atoms with Crippen LogP contribution < -0.4 is 5.73 Å². The predicted octanol–water partition coefficient (Wildman–Crippen LogP) is 1.74. The fraction of sp³-hybridized carbons (Fsp3) is 0.556. The van der Waals surface area contributed by atoms with Crippen molar-refractivity contribution in [2.24, 2.45) is 5.73 Å². The van der Waals surface area contributed by atoms with Gasteiger partial charge in [-0.05, 0) is 30.7 Å². The molecule has 0 radical (unpaired) electrons. The van der Waals surface area contributed by atoms with Gasteiger partial charge in [-0.1, -0.05) is 6.07 Å². The van der Waals surface area contributed by atoms with E-state index < -0.39 is 10.8 Å². The van der Waals surface area contributed by atoms with Gasteiger partial charge in [-0.3, -0.25) is 4.21 Å². The smallest absolute Gasteiger partial charge is 0.0913 e. The van der Waals surface area contributed by atoms with Crippen molar-refractivity contribution >= 4 is 22.1 Å². The van der Waals surface area contributed by atoms with Crippen molar-refractivity contribution in [2.75, 3.05) is 0 Å². The molecule has 0 aliphatic heterocycles. The largest absolute Gasteiger partial charge is 0.328 e. The molecule has 0 bridgehead atoms. The Labute approximate surface area is 84.6 Å². The summed E-state index contributed by atoms with van der Waals surface area (Å²) >= 11 is 1.58. The van der Waals surface area contributed by atoms with Crippen LogP contribution in [0.3, 0.4) is 0 Å². The van der Waals surface area contributed by atoms with Crippen molar-refractivity contribution < 1.29 is 4.21 Å². The zero-order valence-electron chi connectivity index (χ0n) is 7.31. The highest BCUT2D eigenvalue weighted by atomic mass is 32.2. The van der Waals surface area contributed by atoms with E-state index in [2.05, 4.69) is 0 Å². The summed E-state index contributed by atoms with van der Waals surface area (Å²) in [6.45, 7) is 0. The van der Waals surface area contributed by atoms with E-state index in [4.69, 9.17) is 5.73 Å². The number of thiophene rings is 1. The number of rotatable bonds is 2. The molecule has 0 amide bonds. The molecule has 72 valence electrons. The molecule has 13 heavy (non-hydrogen) atoms. The molecule has 1 aromatic heterocycles. The Hall–Kier alpha value is -0.190. The molecule has 0 saturated heterocycles. The lowest BCUT2D eigenvalue weighted by molar-refractivity contribution is 0.666. The third-order valence-corrected chi connectivity index (χ3v) is 5.43. The number of hydrogen-bond acceptors (Lipinski definition) is 3. The van der Waals surface area contributed by atoms with E-state index in [1.165, 1.54) is 0 Å². The maximum absolute atomic E-state index is 11.9. The molecule has 2 N–H and O–H groups in total. The second-order valence-corrected chi connectivity index (χ2v) is 6.33. The minimum Gasteiger partial charge on any atom is -0.328 e. The molecular formula is C9H13NOS2. The van der Waals surface area contributed by atoms with Gasteiger partial charge in [0.2, 0.25) is 0 Å². The third-order valence-electron chi connectivity index (χ3n) is 2.42. The van der Waals surface area contributed by atoms with Gasteiger partial charge in [0.05, 0.1) is 15.0 Å². The normalized spacial score (nSPS) is 30.5. The van der Waals surface area contributed by atoms with Crippen LogP contribution in [0.1, 0.15) is 19.3 Å². The number of nitrogens with two attached hydrogens (primary N) is 1. The van der Waals surface area contributed by atoms with E-state index in [1.54, 1.807) is 11.3 Å². The lowest BCUT2D eigenvalue weighted by Gasteiger charge is -2.06. The van der Waals surface area contributed by atoms with Gasteiger partial charge in [0.25, 0.3) is 0 Å². The molecule has 2 rings (SSSR count). The quantitative estimate of drug-likeness (QED) is 0.816. The molecule has 1 saturated carbocycles. The van der Waals surface area contributed by atoms with Gasteiger partial charge >= 0.3 is 0 Å². The molecule has 1 aliphatic carbocycles. The van der Waals surface area contributed by atoms with Crippen molar-refractivity contribution in [1.29, 1.82) is 0 Å². The first-order chi connectivity index (χ1) is 6.27. The Morgan fingerprint density at radius 1 is 1.54 bits per heavy atom. The summed E-state index contributed by atoms with van der Waals surface area (Å²) < 4.78 is 12.9. The Morgan fingerprint density at radius 3 is 2.92 bits per heavy atom. The van der Waals surface area contributed by atoms with Gasteiger partial charge in [0.1, 0.15) is 0 Å². The van der Waals surface area contributed by atoms with Gasteiger partial charge in [-0.25, -0.2) is 0 Å². The van der Waals surface area contributed by atoms with Crippen molar-refractivity contribution in [2.45, 2.75) is 34.8 Å². The summed E-state index contributed by atoms with van der Waals surface area (Å²) in [5.74, 6) is 0. The first-order valence-electron chi connectivity index (χ1n) is 4.47. The molecule has 4 heteroatoms. The second kappa shape index (κ2) is 3.90. The van der Waals surface area contributed by atoms with Gasteiger partial charge in [0.15, 0.2) is 0 Å². The Kier molecular flexibility index (Phi) is 2.81. The highest BCUT2D eigenvalue weighted by molar-refractivity contribution is 7.87. The Morgan fingerprint density at radius 2 is 2.38 bits per heavy atom. The van der Waals surface area contributed by atoms with Crippen molar-refractivity contribution in [1.82, 2.24) is 0 Å². The molecule has 0 spiro atoms. The lowest BCUT2D eigenvalue weighted by Crippen LogP contribution is -2.18. The highest BCUT2D eigenvalue weighted by Gasteiger charge is 2.27. The molecule has 3 atom stereocenters. The molecule has 1 fully saturated rings. The molecule has 3 unspecified atom stereocenters. The average molecular weight is 215 g/mol. The summed E-state index contributed by atoms with van der Waals surface area (Å²) in [4.78, 5) is 0. The molecule has 1 aliphatic rings. The van der Waals surface area contributed by atoms with Crippen LogP contribution in [-0.4, -0.2) is 15.5 Å². The molecule has 0 aromatic carbocycles. The number of hydrogen-bond donors (Lipinski definition) is 1. The maximum Gasteiger partial charge on any atom is 0.0913 e. The van der Waals surface area contributed by atoms with E-state index in [9.17, 15) is 4.21 Å². The van der Waals surface area contributed by atoms with Crippen LogP contribution >= 0.6 is 11.3 Å². The van der Waals surface area contributed by atoms with Gasteiger partial charge in [-0.15, -0.1) is 11.3 Å². The van der Waals surface area contributed by atoms with E-state index in [-0.39, 0.29) is 6.04 Å². The van der Waals surface area contributed by atoms with Crippen LogP contribution in [0.4, 0.5) is 0 Å². The fourth-order valence-corrected chi connectivity index (χ4v) is 4.43. The zero-order chi connectivity index (χ0) is 9.26. The second-order valence-electron chi connectivity index (χ2n) is 3.42. The van der Waals surface area contributed by atoms with Gasteiger partial charge in [0, 0.05) is 11.3 Å². The summed E-state index contributed by atoms with van der Waals surface area (Å²) in [7, 11) is -0.810. The molecular weight excluding hydrogens is 202 g/mol. The van der Waals surface area contributed by atoms with E-state index >= 15 is 0 Å². The third kappa shape index (κ3) is 2.00. The average Bonchev–Trinajstić information content (AvgIpc) is 2.72. The Bertz CT molecular complexity index is 297. The molecule has 2 nitrogen and oxygen atoms in total. The van der Waals surface area contributed by atoms with Gasteiger partial charge in [-0.2, -0.15) is 0 Å². The van der Waals surface area contributed by atoms with E-state index in [0.29, 0.717) is 5.25 Å². The molecule has 1 heterocycles. The predicted molar refractivity (Wildman–Crippen MR) is 56.3 cm³/mol. The van der Waals surface area contributed by atoms with Crippen LogP contribution in [0.5, 0.6) is 0 Å². The fourth-order valence-electron chi connectivity index (χ4n) is 1.71. The monoisotopic (exact) mass is 215 g/mol. The van der Waals surface area contributed by atoms with Crippen LogP contribution in [0.15, 0.2) is 21.7 Å². The summed E-state index contributed by atoms with van der Waals surface area (Å²) in [5.41, 5.74) is 5.79. The SMILES string of the molecule is NC1CCC(S(=O)c2cccs2)C1. The van der Waals surface area contributed by atoms with Crippen LogP contribution in [0.25, 0.3) is 0 Å². The Balaban J connectivity index is 2.06. The molecule has 1 aromatic rings. The first kappa shape index (κ1) is 9.37. The summed E-state index contributed by atoms with van der Waals surface area (Å²) in [6.07, 6.45) is 2.97. The lowest BCUT2D eigenvalue weighted by atomic mass is 10.3. The summed E-state index contributed by atoms with van der Waals surface area (Å²) in [5, 5.41) is 2.27. The highest BCUT2D eigenvalue weighted by Crippen LogP contribution is 2.27. The standard InChI is InChI=1S/C9H13NOS2/c10-7-3-4-8(6-7)13(11)9-2-1-5-12-9/h1-2,5,7-8H,3-4,6,10H2. The maximum atomic E-state index is 11.9. The van der Waals surface area contributed by atoms with Crippen LogP contribution in [0, 0.1) is 0 Å². The minimum atomic E-state index is -0.810. The van der Waals surface area contributed by atoms with Crippen molar-refractivity contribution in [3.8, 4) is 0 Å². The zero-order valence-corrected chi connectivity index (χ0v) is 8.94.